The third kappa shape index (κ3) is 4.53. The number of carbonyl (C=O) groups excluding carboxylic acids is 1. The van der Waals surface area contributed by atoms with Gasteiger partial charge >= 0.3 is 0 Å². The number of amides is 1. The number of pyridine rings is 2. The Morgan fingerprint density at radius 1 is 1.06 bits per heavy atom. The van der Waals surface area contributed by atoms with E-state index in [0.29, 0.717) is 18.3 Å². The van der Waals surface area contributed by atoms with E-state index < -0.39 is 0 Å². The first-order chi connectivity index (χ1) is 16.1. The van der Waals surface area contributed by atoms with Crippen LogP contribution in [0.3, 0.4) is 0 Å². The van der Waals surface area contributed by atoms with Gasteiger partial charge < -0.3 is 20.4 Å². The van der Waals surface area contributed by atoms with E-state index in [-0.39, 0.29) is 11.8 Å². The normalized spacial score (nSPS) is 19.1. The monoisotopic (exact) mass is 445 g/mol. The fourth-order valence-corrected chi connectivity index (χ4v) is 4.53. The first-order valence-corrected chi connectivity index (χ1v) is 12.1. The van der Waals surface area contributed by atoms with E-state index >= 15 is 0 Å². The van der Waals surface area contributed by atoms with Crippen molar-refractivity contribution in [2.75, 3.05) is 48.8 Å². The predicted molar refractivity (Wildman–Crippen MR) is 130 cm³/mol. The number of hydrogen-bond donors (Lipinski definition) is 2. The van der Waals surface area contributed by atoms with E-state index in [2.05, 4.69) is 55.2 Å². The minimum absolute atomic E-state index is 0.0721. The summed E-state index contributed by atoms with van der Waals surface area (Å²) in [6.45, 7) is 4.82. The highest BCUT2D eigenvalue weighted by molar-refractivity contribution is 5.93. The number of piperazine rings is 1. The van der Waals surface area contributed by atoms with Crippen LogP contribution in [0.4, 0.5) is 17.3 Å². The summed E-state index contributed by atoms with van der Waals surface area (Å²) in [5.74, 6) is 2.75. The highest BCUT2D eigenvalue weighted by atomic mass is 16.2. The summed E-state index contributed by atoms with van der Waals surface area (Å²) in [6, 6.07) is 10.7. The topological polar surface area (TPSA) is 77.8 Å². The van der Waals surface area contributed by atoms with Crippen molar-refractivity contribution >= 4 is 28.7 Å². The summed E-state index contributed by atoms with van der Waals surface area (Å²) >= 11 is 0. The average molecular weight is 446 g/mol. The van der Waals surface area contributed by atoms with Crippen LogP contribution in [0.15, 0.2) is 36.5 Å². The number of fused-ring (bicyclic) bond motifs is 1. The zero-order valence-corrected chi connectivity index (χ0v) is 19.1. The Kier molecular flexibility index (Phi) is 5.17. The Morgan fingerprint density at radius 3 is 2.64 bits per heavy atom. The largest absolute Gasteiger partial charge is 0.379 e. The van der Waals surface area contributed by atoms with Gasteiger partial charge in [0.15, 0.2) is 0 Å². The molecule has 0 atom stereocenters. The van der Waals surface area contributed by atoms with Gasteiger partial charge in [-0.3, -0.25) is 4.79 Å². The molecule has 4 heterocycles. The van der Waals surface area contributed by atoms with Gasteiger partial charge in [-0.2, -0.15) is 5.10 Å². The smallest absolute Gasteiger partial charge is 0.228 e. The third-order valence-electron chi connectivity index (χ3n) is 6.92. The number of hydrogen-bond acceptors (Lipinski definition) is 6. The van der Waals surface area contributed by atoms with Crippen molar-refractivity contribution < 1.29 is 4.79 Å². The molecule has 2 N–H and O–H groups in total. The maximum absolute atomic E-state index is 12.0. The SMILES string of the molecule is CN1CCN(c2cc(C3CC3)cc3cc(CNc4ccnc(NC(=O)C5CC5)c4)nn23)CC1. The minimum Gasteiger partial charge on any atom is -0.379 e. The molecule has 8 nitrogen and oxygen atoms in total. The number of carbonyl (C=O) groups is 1. The fraction of sp³-hybridized carbons (Fsp3) is 0.480. The number of aromatic nitrogens is 3. The molecular weight excluding hydrogens is 414 g/mol. The van der Waals surface area contributed by atoms with Crippen molar-refractivity contribution in [2.24, 2.45) is 5.92 Å². The number of rotatable bonds is 7. The van der Waals surface area contributed by atoms with Crippen LogP contribution in [0.2, 0.25) is 0 Å². The zero-order valence-electron chi connectivity index (χ0n) is 19.1. The second kappa shape index (κ2) is 8.33. The molecule has 6 rings (SSSR count). The standard InChI is InChI=1S/C25H31N7O/c1-30-8-10-31(11-9-30)24-13-19(17-2-3-17)12-22-14-21(29-32(22)24)16-27-20-6-7-26-23(15-20)28-25(33)18-4-5-18/h6-7,12-15,17-18H,2-5,8-11,16H2,1H3,(H2,26,27,28,33). The van der Waals surface area contributed by atoms with E-state index in [0.717, 1.165) is 55.9 Å². The highest BCUT2D eigenvalue weighted by Gasteiger charge is 2.30. The Balaban J connectivity index is 1.21. The second-order valence-electron chi connectivity index (χ2n) is 9.73. The number of nitrogens with one attached hydrogen (secondary N) is 2. The maximum Gasteiger partial charge on any atom is 0.228 e. The molecule has 1 amide bonds. The molecule has 2 aliphatic carbocycles. The Labute approximate surface area is 194 Å². The molecule has 2 saturated carbocycles. The van der Waals surface area contributed by atoms with Crippen molar-refractivity contribution in [3.8, 4) is 0 Å². The van der Waals surface area contributed by atoms with Crippen LogP contribution < -0.4 is 15.5 Å². The van der Waals surface area contributed by atoms with Crippen LogP contribution in [-0.4, -0.2) is 58.6 Å². The van der Waals surface area contributed by atoms with Gasteiger partial charge in [-0.25, -0.2) is 9.50 Å². The molecule has 0 spiro atoms. The first-order valence-electron chi connectivity index (χ1n) is 12.1. The molecule has 8 heteroatoms. The van der Waals surface area contributed by atoms with Crippen molar-refractivity contribution in [3.05, 3.63) is 47.8 Å². The van der Waals surface area contributed by atoms with Gasteiger partial charge in [-0.1, -0.05) is 0 Å². The molecule has 0 unspecified atom stereocenters. The maximum atomic E-state index is 12.0. The van der Waals surface area contributed by atoms with Gasteiger partial charge in [0.25, 0.3) is 0 Å². The number of likely N-dealkylation sites (N-methyl/N-ethyl adjacent to an activating group) is 1. The van der Waals surface area contributed by atoms with Crippen molar-refractivity contribution in [2.45, 2.75) is 38.1 Å². The molecule has 1 saturated heterocycles. The van der Waals surface area contributed by atoms with E-state index in [4.69, 9.17) is 5.10 Å². The Bertz CT molecular complexity index is 1170. The van der Waals surface area contributed by atoms with Crippen LogP contribution >= 0.6 is 0 Å². The molecule has 172 valence electrons. The van der Waals surface area contributed by atoms with Crippen LogP contribution in [0.25, 0.3) is 5.52 Å². The molecule has 3 fully saturated rings. The minimum atomic E-state index is 0.0721. The molecule has 0 bridgehead atoms. The van der Waals surface area contributed by atoms with Gasteiger partial charge in [0.2, 0.25) is 5.91 Å². The van der Waals surface area contributed by atoms with Gasteiger partial charge in [-0.05, 0) is 68.5 Å². The molecule has 3 aliphatic rings. The van der Waals surface area contributed by atoms with Gasteiger partial charge in [0, 0.05) is 50.0 Å². The van der Waals surface area contributed by atoms with Crippen LogP contribution in [0, 0.1) is 5.92 Å². The zero-order chi connectivity index (χ0) is 22.4. The third-order valence-corrected chi connectivity index (χ3v) is 6.92. The average Bonchev–Trinajstić information content (AvgIpc) is 3.74. The van der Waals surface area contributed by atoms with Gasteiger partial charge in [0.1, 0.15) is 11.6 Å². The fourth-order valence-electron chi connectivity index (χ4n) is 4.53. The summed E-state index contributed by atoms with van der Waals surface area (Å²) in [4.78, 5) is 21.2. The van der Waals surface area contributed by atoms with Crippen molar-refractivity contribution in [1.82, 2.24) is 19.5 Å². The number of anilines is 3. The quantitative estimate of drug-likeness (QED) is 0.581. The lowest BCUT2D eigenvalue weighted by Crippen LogP contribution is -2.45. The lowest BCUT2D eigenvalue weighted by molar-refractivity contribution is -0.117. The van der Waals surface area contributed by atoms with Crippen molar-refractivity contribution in [3.63, 3.8) is 0 Å². The number of nitrogens with zero attached hydrogens (tertiary/aromatic N) is 5. The van der Waals surface area contributed by atoms with E-state index in [1.54, 1.807) is 6.20 Å². The summed E-state index contributed by atoms with van der Waals surface area (Å²) in [6.07, 6.45) is 6.28. The predicted octanol–water partition coefficient (Wildman–Crippen LogP) is 3.32. The molecule has 3 aromatic heterocycles. The second-order valence-corrected chi connectivity index (χ2v) is 9.73. The van der Waals surface area contributed by atoms with E-state index in [9.17, 15) is 4.79 Å². The molecule has 33 heavy (non-hydrogen) atoms. The van der Waals surface area contributed by atoms with Crippen molar-refractivity contribution in [1.29, 1.82) is 0 Å². The molecular formula is C25H31N7O. The van der Waals surface area contributed by atoms with Gasteiger partial charge in [-0.15, -0.1) is 0 Å². The van der Waals surface area contributed by atoms with E-state index in [1.165, 1.54) is 24.2 Å². The van der Waals surface area contributed by atoms with Crippen LogP contribution in [0.5, 0.6) is 0 Å². The summed E-state index contributed by atoms with van der Waals surface area (Å²) in [5, 5.41) is 11.3. The Morgan fingerprint density at radius 2 is 1.88 bits per heavy atom. The van der Waals surface area contributed by atoms with E-state index in [1.807, 2.05) is 12.1 Å². The molecule has 1 aliphatic heterocycles. The molecule has 3 aromatic rings. The van der Waals surface area contributed by atoms with Crippen LogP contribution in [-0.2, 0) is 11.3 Å². The summed E-state index contributed by atoms with van der Waals surface area (Å²) in [7, 11) is 2.19. The lowest BCUT2D eigenvalue weighted by Gasteiger charge is -2.34. The molecule has 0 aromatic carbocycles. The summed E-state index contributed by atoms with van der Waals surface area (Å²) in [5.41, 5.74) is 4.53. The first kappa shape index (κ1) is 20.5. The summed E-state index contributed by atoms with van der Waals surface area (Å²) < 4.78 is 2.11. The van der Waals surface area contributed by atoms with Crippen LogP contribution in [0.1, 0.15) is 42.9 Å². The Hall–Kier alpha value is -3.13. The van der Waals surface area contributed by atoms with Gasteiger partial charge in [0.05, 0.1) is 17.8 Å². The molecule has 0 radical (unpaired) electrons. The highest BCUT2D eigenvalue weighted by Crippen LogP contribution is 2.42. The lowest BCUT2D eigenvalue weighted by atomic mass is 10.1.